The lowest BCUT2D eigenvalue weighted by Gasteiger charge is -2.37. The third-order valence-electron chi connectivity index (χ3n) is 7.54. The third kappa shape index (κ3) is 4.23. The van der Waals surface area contributed by atoms with Crippen LogP contribution in [0.15, 0.2) is 133 Å². The number of methoxy groups -OCH3 is 1. The summed E-state index contributed by atoms with van der Waals surface area (Å²) < 4.78 is 21.2. The van der Waals surface area contributed by atoms with Gasteiger partial charge in [-0.2, -0.15) is 0 Å². The molecule has 188 valence electrons. The van der Waals surface area contributed by atoms with Gasteiger partial charge < -0.3 is 14.6 Å². The summed E-state index contributed by atoms with van der Waals surface area (Å²) in [5.74, 6) is 0.995. The van der Waals surface area contributed by atoms with Crippen LogP contribution in [0.4, 0.5) is 5.69 Å². The molecule has 4 heteroatoms. The smallest absolute Gasteiger partial charge is 0.173 e. The molecule has 0 saturated carbocycles. The van der Waals surface area contributed by atoms with E-state index < -0.39 is 7.14 Å². The molecule has 6 rings (SSSR count). The second kappa shape index (κ2) is 10.4. The SMILES string of the molecule is COc1ccccc1[C@@H]1C[C@H](c2ccccc2)c2cccc(P(=O)(c3ccccc3)c3ccccc3)c2N1. The Balaban J connectivity index is 1.60. The maximum absolute atomic E-state index is 15.4. The molecule has 2 atom stereocenters. The molecule has 5 aromatic carbocycles. The van der Waals surface area contributed by atoms with Gasteiger partial charge >= 0.3 is 0 Å². The second-order valence-corrected chi connectivity index (χ2v) is 12.4. The van der Waals surface area contributed by atoms with E-state index in [2.05, 4.69) is 59.9 Å². The van der Waals surface area contributed by atoms with Crippen molar-refractivity contribution in [3.05, 3.63) is 150 Å². The molecule has 0 aliphatic carbocycles. The number of rotatable bonds is 6. The lowest BCUT2D eigenvalue weighted by molar-refractivity contribution is 0.404. The van der Waals surface area contributed by atoms with Gasteiger partial charge in [0.15, 0.2) is 7.14 Å². The van der Waals surface area contributed by atoms with Crippen molar-refractivity contribution in [3.63, 3.8) is 0 Å². The molecule has 0 unspecified atom stereocenters. The van der Waals surface area contributed by atoms with Crippen molar-refractivity contribution in [3.8, 4) is 5.75 Å². The van der Waals surface area contributed by atoms with Gasteiger partial charge in [-0.25, -0.2) is 0 Å². The number of fused-ring (bicyclic) bond motifs is 1. The lowest BCUT2D eigenvalue weighted by atomic mass is 9.80. The van der Waals surface area contributed by atoms with Gasteiger partial charge in [0.1, 0.15) is 5.75 Å². The lowest BCUT2D eigenvalue weighted by Crippen LogP contribution is -2.32. The van der Waals surface area contributed by atoms with E-state index in [0.29, 0.717) is 0 Å². The van der Waals surface area contributed by atoms with Crippen molar-refractivity contribution < 1.29 is 9.30 Å². The van der Waals surface area contributed by atoms with E-state index in [1.807, 2.05) is 78.9 Å². The van der Waals surface area contributed by atoms with Crippen LogP contribution in [0.1, 0.15) is 35.1 Å². The molecule has 0 aromatic heterocycles. The maximum Gasteiger partial charge on any atom is 0.173 e. The molecular weight excluding hydrogens is 485 g/mol. The minimum Gasteiger partial charge on any atom is -0.496 e. The molecule has 0 bridgehead atoms. The Bertz CT molecular complexity index is 1540. The Morgan fingerprint density at radius 2 is 1.21 bits per heavy atom. The highest BCUT2D eigenvalue weighted by molar-refractivity contribution is 7.85. The molecule has 0 fully saturated rings. The molecule has 38 heavy (non-hydrogen) atoms. The molecular formula is C34H30NO2P. The van der Waals surface area contributed by atoms with Gasteiger partial charge in [0, 0.05) is 33.1 Å². The van der Waals surface area contributed by atoms with Crippen LogP contribution in [-0.2, 0) is 4.57 Å². The van der Waals surface area contributed by atoms with Gasteiger partial charge in [0.05, 0.1) is 13.2 Å². The molecule has 1 aliphatic rings. The second-order valence-electron chi connectivity index (χ2n) is 9.66. The minimum absolute atomic E-state index is 0.00926. The summed E-state index contributed by atoms with van der Waals surface area (Å²) in [6, 6.07) is 44.9. The van der Waals surface area contributed by atoms with Gasteiger partial charge in [0.2, 0.25) is 0 Å². The van der Waals surface area contributed by atoms with Gasteiger partial charge in [0.25, 0.3) is 0 Å². The van der Waals surface area contributed by atoms with Crippen LogP contribution in [0.5, 0.6) is 5.75 Å². The monoisotopic (exact) mass is 515 g/mol. The third-order valence-corrected chi connectivity index (χ3v) is 10.6. The fourth-order valence-corrected chi connectivity index (χ4v) is 8.57. The van der Waals surface area contributed by atoms with Crippen molar-refractivity contribution in [1.82, 2.24) is 0 Å². The number of ether oxygens (including phenoxy) is 1. The molecule has 5 aromatic rings. The molecule has 0 amide bonds. The summed E-state index contributed by atoms with van der Waals surface area (Å²) in [6.07, 6.45) is 0.863. The highest BCUT2D eigenvalue weighted by atomic mass is 31.2. The zero-order valence-corrected chi connectivity index (χ0v) is 22.2. The van der Waals surface area contributed by atoms with Crippen LogP contribution in [0, 0.1) is 0 Å². The topological polar surface area (TPSA) is 38.3 Å². The van der Waals surface area contributed by atoms with Crippen LogP contribution < -0.4 is 26.0 Å². The van der Waals surface area contributed by atoms with Crippen LogP contribution in [0.2, 0.25) is 0 Å². The average Bonchev–Trinajstić information content (AvgIpc) is 3.01. The van der Waals surface area contributed by atoms with Crippen molar-refractivity contribution >= 4 is 28.7 Å². The van der Waals surface area contributed by atoms with E-state index in [-0.39, 0.29) is 12.0 Å². The summed E-state index contributed by atoms with van der Waals surface area (Å²) in [6.45, 7) is 0. The first kappa shape index (κ1) is 24.3. The first-order valence-electron chi connectivity index (χ1n) is 13.0. The number of hydrogen-bond donors (Lipinski definition) is 1. The normalized spacial score (nSPS) is 16.8. The summed E-state index contributed by atoms with van der Waals surface area (Å²) in [5, 5.41) is 6.35. The maximum atomic E-state index is 15.4. The Morgan fingerprint density at radius 1 is 0.658 bits per heavy atom. The Hall–Kier alpha value is -4.07. The van der Waals surface area contributed by atoms with Crippen molar-refractivity contribution in [2.45, 2.75) is 18.4 Å². The Kier molecular flexibility index (Phi) is 6.62. The quantitative estimate of drug-likeness (QED) is 0.247. The highest BCUT2D eigenvalue weighted by Crippen LogP contribution is 2.51. The van der Waals surface area contributed by atoms with Gasteiger partial charge in [-0.15, -0.1) is 0 Å². The molecule has 0 radical (unpaired) electrons. The Morgan fingerprint density at radius 3 is 1.84 bits per heavy atom. The summed E-state index contributed by atoms with van der Waals surface area (Å²) in [5.41, 5.74) is 4.48. The van der Waals surface area contributed by atoms with Crippen LogP contribution in [0.3, 0.4) is 0 Å². The van der Waals surface area contributed by atoms with Crippen molar-refractivity contribution in [2.24, 2.45) is 0 Å². The van der Waals surface area contributed by atoms with Crippen molar-refractivity contribution in [1.29, 1.82) is 0 Å². The van der Waals surface area contributed by atoms with Crippen LogP contribution in [0.25, 0.3) is 0 Å². The summed E-state index contributed by atoms with van der Waals surface area (Å²) in [7, 11) is -1.47. The summed E-state index contributed by atoms with van der Waals surface area (Å²) in [4.78, 5) is 0. The zero-order valence-electron chi connectivity index (χ0n) is 21.3. The largest absolute Gasteiger partial charge is 0.496 e. The predicted octanol–water partition coefficient (Wildman–Crippen LogP) is 7.02. The van der Waals surface area contributed by atoms with E-state index in [1.165, 1.54) is 11.1 Å². The van der Waals surface area contributed by atoms with E-state index in [1.54, 1.807) is 7.11 Å². The van der Waals surface area contributed by atoms with Crippen molar-refractivity contribution in [2.75, 3.05) is 12.4 Å². The van der Waals surface area contributed by atoms with E-state index >= 15 is 4.57 Å². The first-order chi connectivity index (χ1) is 18.7. The minimum atomic E-state index is -3.19. The van der Waals surface area contributed by atoms with Gasteiger partial charge in [-0.1, -0.05) is 121 Å². The summed E-state index contributed by atoms with van der Waals surface area (Å²) >= 11 is 0. The average molecular weight is 516 g/mol. The first-order valence-corrected chi connectivity index (χ1v) is 14.7. The molecule has 0 saturated heterocycles. The van der Waals surface area contributed by atoms with E-state index in [0.717, 1.165) is 39.3 Å². The predicted molar refractivity (Wildman–Crippen MR) is 158 cm³/mol. The Labute approximate surface area is 224 Å². The number of nitrogens with one attached hydrogen (secondary N) is 1. The fourth-order valence-electron chi connectivity index (χ4n) is 5.73. The molecule has 1 aliphatic heterocycles. The molecule has 1 heterocycles. The van der Waals surface area contributed by atoms with E-state index in [4.69, 9.17) is 4.74 Å². The molecule has 0 spiro atoms. The molecule has 3 nitrogen and oxygen atoms in total. The number of hydrogen-bond acceptors (Lipinski definition) is 3. The van der Waals surface area contributed by atoms with Gasteiger partial charge in [-0.05, 0) is 29.7 Å². The highest BCUT2D eigenvalue weighted by Gasteiger charge is 2.37. The number of anilines is 1. The standard InChI is InChI=1S/C34H30NO2P/c1-37-32-22-12-11-20-29(32)31-24-30(25-14-5-2-6-15-25)28-21-13-23-33(34(28)35-31)38(36,26-16-7-3-8-17-26)27-18-9-4-10-19-27/h2-23,30-31,35H,24H2,1H3/t30-,31+/m1/s1. The number of benzene rings is 5. The van der Waals surface area contributed by atoms with Gasteiger partial charge in [-0.3, -0.25) is 0 Å². The van der Waals surface area contributed by atoms with Crippen LogP contribution >= 0.6 is 7.14 Å². The zero-order chi connectivity index (χ0) is 26.0. The van der Waals surface area contributed by atoms with Crippen LogP contribution in [-0.4, -0.2) is 7.11 Å². The number of para-hydroxylation sites is 2. The van der Waals surface area contributed by atoms with E-state index in [9.17, 15) is 0 Å². The fraction of sp³-hybridized carbons (Fsp3) is 0.118. The molecule has 1 N–H and O–H groups in total.